The second kappa shape index (κ2) is 6.86. The molecule has 1 aromatic carbocycles. The highest BCUT2D eigenvalue weighted by molar-refractivity contribution is 5.97. The Morgan fingerprint density at radius 2 is 2.25 bits per heavy atom. The minimum atomic E-state index is -0.404. The van der Waals surface area contributed by atoms with E-state index >= 15 is 0 Å². The van der Waals surface area contributed by atoms with Crippen molar-refractivity contribution in [2.75, 3.05) is 25.1 Å². The maximum atomic E-state index is 12.5. The summed E-state index contributed by atoms with van der Waals surface area (Å²) in [4.78, 5) is 14.4. The lowest BCUT2D eigenvalue weighted by Crippen LogP contribution is -2.39. The van der Waals surface area contributed by atoms with Gasteiger partial charge in [0, 0.05) is 25.4 Å². The predicted octanol–water partition coefficient (Wildman–Crippen LogP) is 2.50. The molecule has 110 valence electrons. The van der Waals surface area contributed by atoms with Gasteiger partial charge in [0.25, 0.3) is 5.91 Å². The SMILES string of the molecule is CCNC1CCCN(C(=O)C(C)OC)c2ccccc21. The molecule has 0 spiro atoms. The molecule has 0 saturated carbocycles. The van der Waals surface area contributed by atoms with Crippen molar-refractivity contribution in [2.24, 2.45) is 0 Å². The van der Waals surface area contributed by atoms with Gasteiger partial charge in [0.1, 0.15) is 6.10 Å². The maximum absolute atomic E-state index is 12.5. The zero-order valence-electron chi connectivity index (χ0n) is 12.6. The lowest BCUT2D eigenvalue weighted by molar-refractivity contribution is -0.127. The number of anilines is 1. The summed E-state index contributed by atoms with van der Waals surface area (Å²) in [5.41, 5.74) is 2.23. The first-order valence-electron chi connectivity index (χ1n) is 7.35. The van der Waals surface area contributed by atoms with Crippen molar-refractivity contribution in [1.82, 2.24) is 5.32 Å². The van der Waals surface area contributed by atoms with Gasteiger partial charge < -0.3 is 15.0 Å². The number of hydrogen-bond donors (Lipinski definition) is 1. The van der Waals surface area contributed by atoms with E-state index in [4.69, 9.17) is 4.74 Å². The van der Waals surface area contributed by atoms with Crippen LogP contribution in [0, 0.1) is 0 Å². The first-order valence-corrected chi connectivity index (χ1v) is 7.35. The number of para-hydroxylation sites is 1. The van der Waals surface area contributed by atoms with Crippen LogP contribution in [0.1, 0.15) is 38.3 Å². The fourth-order valence-corrected chi connectivity index (χ4v) is 2.77. The largest absolute Gasteiger partial charge is 0.372 e. The number of carbonyl (C=O) groups excluding carboxylic acids is 1. The van der Waals surface area contributed by atoms with E-state index in [1.807, 2.05) is 23.1 Å². The van der Waals surface area contributed by atoms with Gasteiger partial charge in [0.2, 0.25) is 0 Å². The van der Waals surface area contributed by atoms with E-state index in [1.54, 1.807) is 14.0 Å². The van der Waals surface area contributed by atoms with Crippen LogP contribution < -0.4 is 10.2 Å². The zero-order valence-corrected chi connectivity index (χ0v) is 12.6. The van der Waals surface area contributed by atoms with Gasteiger partial charge in [-0.05, 0) is 37.9 Å². The Bertz CT molecular complexity index is 462. The molecule has 2 unspecified atom stereocenters. The Labute approximate surface area is 121 Å². The number of methoxy groups -OCH3 is 1. The summed E-state index contributed by atoms with van der Waals surface area (Å²) in [5.74, 6) is 0.0390. The number of amides is 1. The highest BCUT2D eigenvalue weighted by Crippen LogP contribution is 2.33. The molecule has 2 rings (SSSR count). The number of benzene rings is 1. The predicted molar refractivity (Wildman–Crippen MR) is 80.9 cm³/mol. The van der Waals surface area contributed by atoms with E-state index in [2.05, 4.69) is 18.3 Å². The van der Waals surface area contributed by atoms with Gasteiger partial charge in [-0.2, -0.15) is 0 Å². The maximum Gasteiger partial charge on any atom is 0.255 e. The molecular weight excluding hydrogens is 252 g/mol. The third-order valence-corrected chi connectivity index (χ3v) is 3.90. The minimum Gasteiger partial charge on any atom is -0.372 e. The summed E-state index contributed by atoms with van der Waals surface area (Å²) < 4.78 is 5.19. The molecule has 1 amide bonds. The smallest absolute Gasteiger partial charge is 0.255 e. The lowest BCUT2D eigenvalue weighted by Gasteiger charge is -2.26. The summed E-state index contributed by atoms with van der Waals surface area (Å²) in [6, 6.07) is 8.51. The summed E-state index contributed by atoms with van der Waals surface area (Å²) in [6.45, 7) is 5.61. The van der Waals surface area contributed by atoms with Gasteiger partial charge in [-0.1, -0.05) is 25.1 Å². The van der Waals surface area contributed by atoms with Crippen molar-refractivity contribution in [1.29, 1.82) is 0 Å². The molecule has 4 heteroatoms. The molecule has 1 N–H and O–H groups in total. The van der Waals surface area contributed by atoms with E-state index in [9.17, 15) is 4.79 Å². The molecule has 0 saturated heterocycles. The van der Waals surface area contributed by atoms with E-state index in [0.717, 1.165) is 31.6 Å². The monoisotopic (exact) mass is 276 g/mol. The Morgan fingerprint density at radius 3 is 2.95 bits per heavy atom. The number of fused-ring (bicyclic) bond motifs is 1. The average Bonchev–Trinajstić information content (AvgIpc) is 2.66. The second-order valence-corrected chi connectivity index (χ2v) is 5.18. The van der Waals surface area contributed by atoms with Crippen molar-refractivity contribution in [2.45, 2.75) is 38.8 Å². The molecule has 2 atom stereocenters. The fraction of sp³-hybridized carbons (Fsp3) is 0.562. The summed E-state index contributed by atoms with van der Waals surface area (Å²) >= 11 is 0. The topological polar surface area (TPSA) is 41.6 Å². The van der Waals surface area contributed by atoms with Gasteiger partial charge in [0.15, 0.2) is 0 Å². The minimum absolute atomic E-state index is 0.0390. The lowest BCUT2D eigenvalue weighted by atomic mass is 10.0. The number of nitrogens with one attached hydrogen (secondary N) is 1. The molecule has 1 aliphatic rings. The highest BCUT2D eigenvalue weighted by atomic mass is 16.5. The molecule has 20 heavy (non-hydrogen) atoms. The first-order chi connectivity index (χ1) is 9.69. The van der Waals surface area contributed by atoms with Crippen molar-refractivity contribution in [3.8, 4) is 0 Å². The van der Waals surface area contributed by atoms with Crippen molar-refractivity contribution in [3.05, 3.63) is 29.8 Å². The molecule has 1 aliphatic heterocycles. The van der Waals surface area contributed by atoms with E-state index in [0.29, 0.717) is 6.04 Å². The van der Waals surface area contributed by atoms with Crippen LogP contribution in [0.25, 0.3) is 0 Å². The summed E-state index contributed by atoms with van der Waals surface area (Å²) in [5, 5.41) is 3.51. The normalized spacial score (nSPS) is 20.1. The Kier molecular flexibility index (Phi) is 5.15. The van der Waals surface area contributed by atoms with Crippen molar-refractivity contribution >= 4 is 11.6 Å². The summed E-state index contributed by atoms with van der Waals surface area (Å²) in [7, 11) is 1.58. The van der Waals surface area contributed by atoms with Gasteiger partial charge in [-0.25, -0.2) is 0 Å². The molecule has 4 nitrogen and oxygen atoms in total. The Morgan fingerprint density at radius 1 is 1.50 bits per heavy atom. The van der Waals surface area contributed by atoms with Crippen LogP contribution in [-0.4, -0.2) is 32.2 Å². The fourth-order valence-electron chi connectivity index (χ4n) is 2.77. The molecule has 0 aliphatic carbocycles. The van der Waals surface area contributed by atoms with Crippen LogP contribution in [0.5, 0.6) is 0 Å². The van der Waals surface area contributed by atoms with Crippen molar-refractivity contribution in [3.63, 3.8) is 0 Å². The van der Waals surface area contributed by atoms with E-state index < -0.39 is 6.10 Å². The van der Waals surface area contributed by atoms with Crippen LogP contribution in [0.4, 0.5) is 5.69 Å². The van der Waals surface area contributed by atoms with Gasteiger partial charge >= 0.3 is 0 Å². The number of nitrogens with zero attached hydrogens (tertiary/aromatic N) is 1. The van der Waals surface area contributed by atoms with Crippen molar-refractivity contribution < 1.29 is 9.53 Å². The van der Waals surface area contributed by atoms with Crippen LogP contribution in [0.2, 0.25) is 0 Å². The van der Waals surface area contributed by atoms with Crippen LogP contribution in [-0.2, 0) is 9.53 Å². The molecule has 1 heterocycles. The number of ether oxygens (including phenoxy) is 1. The number of rotatable bonds is 4. The Balaban J connectivity index is 2.35. The zero-order chi connectivity index (χ0) is 14.5. The molecule has 0 radical (unpaired) electrons. The average molecular weight is 276 g/mol. The van der Waals surface area contributed by atoms with Gasteiger partial charge in [-0.15, -0.1) is 0 Å². The van der Waals surface area contributed by atoms with Gasteiger partial charge in [-0.3, -0.25) is 4.79 Å². The first kappa shape index (κ1) is 15.0. The van der Waals surface area contributed by atoms with Crippen LogP contribution in [0.15, 0.2) is 24.3 Å². The number of carbonyl (C=O) groups is 1. The van der Waals surface area contributed by atoms with Gasteiger partial charge in [0.05, 0.1) is 0 Å². The Hall–Kier alpha value is -1.39. The highest BCUT2D eigenvalue weighted by Gasteiger charge is 2.28. The van der Waals surface area contributed by atoms with Crippen LogP contribution in [0.3, 0.4) is 0 Å². The standard InChI is InChI=1S/C16H24N2O2/c1-4-17-14-9-7-11-18(16(19)12(2)20-3)15-10-6-5-8-13(14)15/h5-6,8,10,12,14,17H,4,7,9,11H2,1-3H3. The molecular formula is C16H24N2O2. The number of hydrogen-bond acceptors (Lipinski definition) is 3. The second-order valence-electron chi connectivity index (χ2n) is 5.18. The van der Waals surface area contributed by atoms with Crippen LogP contribution >= 0.6 is 0 Å². The van der Waals surface area contributed by atoms with E-state index in [-0.39, 0.29) is 5.91 Å². The molecule has 0 bridgehead atoms. The molecule has 0 aromatic heterocycles. The molecule has 0 fully saturated rings. The third kappa shape index (κ3) is 3.02. The summed E-state index contributed by atoms with van der Waals surface area (Å²) in [6.07, 6.45) is 1.64. The van der Waals surface area contributed by atoms with E-state index in [1.165, 1.54) is 5.56 Å². The molecule has 1 aromatic rings. The third-order valence-electron chi connectivity index (χ3n) is 3.90. The quantitative estimate of drug-likeness (QED) is 0.918.